The smallest absolute Gasteiger partial charge is 0.275 e. The van der Waals surface area contributed by atoms with Crippen molar-refractivity contribution < 1.29 is 9.53 Å². The molecule has 0 saturated carbocycles. The molecule has 0 aliphatic carbocycles. The van der Waals surface area contributed by atoms with Gasteiger partial charge in [0.2, 0.25) is 0 Å². The van der Waals surface area contributed by atoms with E-state index in [2.05, 4.69) is 20.6 Å². The van der Waals surface area contributed by atoms with Crippen LogP contribution in [-0.4, -0.2) is 36.1 Å². The number of ether oxygens (including phenoxy) is 1. The van der Waals surface area contributed by atoms with E-state index < -0.39 is 0 Å². The largest absolute Gasteiger partial charge is 0.383 e. The van der Waals surface area contributed by atoms with Crippen LogP contribution in [0.25, 0.3) is 0 Å². The molecule has 6 nitrogen and oxygen atoms in total. The fourth-order valence-electron chi connectivity index (χ4n) is 1.83. The number of hydrogen-bond donors (Lipinski definition) is 2. The zero-order valence-electron chi connectivity index (χ0n) is 13.0. The summed E-state index contributed by atoms with van der Waals surface area (Å²) >= 11 is 0. The highest BCUT2D eigenvalue weighted by molar-refractivity contribution is 6.02. The summed E-state index contributed by atoms with van der Waals surface area (Å²) in [4.78, 5) is 20.4. The third-order valence-corrected chi connectivity index (χ3v) is 3.26. The van der Waals surface area contributed by atoms with Gasteiger partial charge in [-0.1, -0.05) is 6.07 Å². The maximum Gasteiger partial charge on any atom is 0.275 e. The maximum absolute atomic E-state index is 12.1. The van der Waals surface area contributed by atoms with Crippen LogP contribution in [0.3, 0.4) is 0 Å². The molecule has 6 heteroatoms. The number of hydrogen-bond acceptors (Lipinski definition) is 5. The minimum atomic E-state index is -0.279. The SMILES string of the molecule is COCCNc1cnc(C(=O)Nc2ccc(C)c(C)c2)cn1. The molecule has 0 fully saturated rings. The molecule has 2 N–H and O–H groups in total. The molecule has 0 aliphatic heterocycles. The molecule has 22 heavy (non-hydrogen) atoms. The van der Waals surface area contributed by atoms with Gasteiger partial charge in [0, 0.05) is 19.3 Å². The van der Waals surface area contributed by atoms with Crippen LogP contribution in [0.1, 0.15) is 21.6 Å². The van der Waals surface area contributed by atoms with Crippen molar-refractivity contribution in [3.05, 3.63) is 47.4 Å². The fourth-order valence-corrected chi connectivity index (χ4v) is 1.83. The summed E-state index contributed by atoms with van der Waals surface area (Å²) in [5.41, 5.74) is 3.33. The normalized spacial score (nSPS) is 10.3. The number of amides is 1. The fraction of sp³-hybridized carbons (Fsp3) is 0.312. The molecular weight excluding hydrogens is 280 g/mol. The van der Waals surface area contributed by atoms with Crippen molar-refractivity contribution in [2.75, 3.05) is 30.9 Å². The number of carbonyl (C=O) groups excluding carboxylic acids is 1. The summed E-state index contributed by atoms with van der Waals surface area (Å²) in [5, 5.41) is 5.86. The molecule has 0 spiro atoms. The second-order valence-corrected chi connectivity index (χ2v) is 4.96. The summed E-state index contributed by atoms with van der Waals surface area (Å²) in [6.07, 6.45) is 2.98. The van der Waals surface area contributed by atoms with Gasteiger partial charge in [-0.15, -0.1) is 0 Å². The molecule has 1 heterocycles. The van der Waals surface area contributed by atoms with Gasteiger partial charge in [0.15, 0.2) is 0 Å². The lowest BCUT2D eigenvalue weighted by molar-refractivity contribution is 0.102. The average molecular weight is 300 g/mol. The molecule has 1 amide bonds. The van der Waals surface area contributed by atoms with Crippen molar-refractivity contribution in [1.82, 2.24) is 9.97 Å². The molecule has 0 radical (unpaired) electrons. The van der Waals surface area contributed by atoms with Crippen molar-refractivity contribution in [3.8, 4) is 0 Å². The number of nitrogens with one attached hydrogen (secondary N) is 2. The van der Waals surface area contributed by atoms with E-state index in [1.807, 2.05) is 32.0 Å². The quantitative estimate of drug-likeness (QED) is 0.801. The number of carbonyl (C=O) groups is 1. The Kier molecular flexibility index (Phi) is 5.43. The number of benzene rings is 1. The topological polar surface area (TPSA) is 76.1 Å². The first kappa shape index (κ1) is 15.9. The molecule has 1 aromatic heterocycles. The van der Waals surface area contributed by atoms with E-state index in [9.17, 15) is 4.79 Å². The Labute approximate surface area is 129 Å². The summed E-state index contributed by atoms with van der Waals surface area (Å²) in [5.74, 6) is 0.332. The van der Waals surface area contributed by atoms with Crippen LogP contribution in [0.15, 0.2) is 30.6 Å². The minimum Gasteiger partial charge on any atom is -0.383 e. The van der Waals surface area contributed by atoms with Crippen LogP contribution in [0.2, 0.25) is 0 Å². The Morgan fingerprint density at radius 1 is 1.18 bits per heavy atom. The van der Waals surface area contributed by atoms with Crippen LogP contribution < -0.4 is 10.6 Å². The van der Waals surface area contributed by atoms with Gasteiger partial charge in [0.25, 0.3) is 5.91 Å². The molecule has 0 unspecified atom stereocenters. The second-order valence-electron chi connectivity index (χ2n) is 4.96. The van der Waals surface area contributed by atoms with E-state index in [4.69, 9.17) is 4.74 Å². The Hall–Kier alpha value is -2.47. The molecule has 2 aromatic rings. The van der Waals surface area contributed by atoms with E-state index in [1.165, 1.54) is 18.0 Å². The highest BCUT2D eigenvalue weighted by Crippen LogP contribution is 2.15. The second kappa shape index (κ2) is 7.51. The predicted octanol–water partition coefficient (Wildman–Crippen LogP) is 2.40. The van der Waals surface area contributed by atoms with Gasteiger partial charge in [0.1, 0.15) is 11.5 Å². The number of nitrogens with zero attached hydrogens (tertiary/aromatic N) is 2. The third-order valence-electron chi connectivity index (χ3n) is 3.26. The third kappa shape index (κ3) is 4.26. The summed E-state index contributed by atoms with van der Waals surface area (Å²) < 4.78 is 4.94. The van der Waals surface area contributed by atoms with E-state index in [0.29, 0.717) is 19.0 Å². The molecule has 0 atom stereocenters. The lowest BCUT2D eigenvalue weighted by Crippen LogP contribution is -2.15. The molecule has 0 bridgehead atoms. The maximum atomic E-state index is 12.1. The van der Waals surface area contributed by atoms with Gasteiger partial charge in [0.05, 0.1) is 19.0 Å². The first-order valence-corrected chi connectivity index (χ1v) is 7.03. The van der Waals surface area contributed by atoms with E-state index in [1.54, 1.807) is 7.11 Å². The molecular formula is C16H20N4O2. The monoisotopic (exact) mass is 300 g/mol. The minimum absolute atomic E-state index is 0.274. The lowest BCUT2D eigenvalue weighted by atomic mass is 10.1. The number of aromatic nitrogens is 2. The summed E-state index contributed by atoms with van der Waals surface area (Å²) in [7, 11) is 1.63. The molecule has 0 aliphatic rings. The van der Waals surface area contributed by atoms with E-state index in [-0.39, 0.29) is 11.6 Å². The van der Waals surface area contributed by atoms with Crippen LogP contribution in [0, 0.1) is 13.8 Å². The molecule has 2 rings (SSSR count). The van der Waals surface area contributed by atoms with Crippen molar-refractivity contribution >= 4 is 17.4 Å². The number of aryl methyl sites for hydroxylation is 2. The highest BCUT2D eigenvalue weighted by Gasteiger charge is 2.09. The first-order valence-electron chi connectivity index (χ1n) is 7.03. The molecule has 1 aromatic carbocycles. The van der Waals surface area contributed by atoms with Crippen LogP contribution in [0.4, 0.5) is 11.5 Å². The van der Waals surface area contributed by atoms with Gasteiger partial charge in [-0.2, -0.15) is 0 Å². The van der Waals surface area contributed by atoms with Crippen LogP contribution >= 0.6 is 0 Å². The summed E-state index contributed by atoms with van der Waals surface area (Å²) in [6, 6.07) is 5.77. The van der Waals surface area contributed by atoms with Crippen LogP contribution in [0.5, 0.6) is 0 Å². The van der Waals surface area contributed by atoms with Gasteiger partial charge >= 0.3 is 0 Å². The summed E-state index contributed by atoms with van der Waals surface area (Å²) in [6.45, 7) is 5.25. The van der Waals surface area contributed by atoms with Crippen molar-refractivity contribution in [3.63, 3.8) is 0 Å². The number of methoxy groups -OCH3 is 1. The number of anilines is 2. The highest BCUT2D eigenvalue weighted by atomic mass is 16.5. The lowest BCUT2D eigenvalue weighted by Gasteiger charge is -2.08. The van der Waals surface area contributed by atoms with Crippen molar-refractivity contribution in [1.29, 1.82) is 0 Å². The Balaban J connectivity index is 1.98. The van der Waals surface area contributed by atoms with Crippen LogP contribution in [-0.2, 0) is 4.74 Å². The average Bonchev–Trinajstić information content (AvgIpc) is 2.52. The van der Waals surface area contributed by atoms with Gasteiger partial charge in [-0.3, -0.25) is 4.79 Å². The standard InChI is InChI=1S/C16H20N4O2/c1-11-4-5-13(8-12(11)2)20-16(21)14-9-19-15(10-18-14)17-6-7-22-3/h4-5,8-10H,6-7H2,1-3H3,(H,17,19)(H,20,21). The molecule has 116 valence electrons. The van der Waals surface area contributed by atoms with Gasteiger partial charge in [-0.05, 0) is 37.1 Å². The Morgan fingerprint density at radius 3 is 2.64 bits per heavy atom. The zero-order chi connectivity index (χ0) is 15.9. The molecule has 0 saturated heterocycles. The van der Waals surface area contributed by atoms with Crippen molar-refractivity contribution in [2.24, 2.45) is 0 Å². The zero-order valence-corrected chi connectivity index (χ0v) is 13.0. The predicted molar refractivity (Wildman–Crippen MR) is 86.3 cm³/mol. The Morgan fingerprint density at radius 2 is 2.00 bits per heavy atom. The first-order chi connectivity index (χ1) is 10.6. The Bertz CT molecular complexity index is 641. The van der Waals surface area contributed by atoms with E-state index in [0.717, 1.165) is 11.3 Å². The van der Waals surface area contributed by atoms with E-state index >= 15 is 0 Å². The van der Waals surface area contributed by atoms with Gasteiger partial charge < -0.3 is 15.4 Å². The van der Waals surface area contributed by atoms with Crippen molar-refractivity contribution in [2.45, 2.75) is 13.8 Å². The number of rotatable bonds is 6. The van der Waals surface area contributed by atoms with Gasteiger partial charge in [-0.25, -0.2) is 9.97 Å².